The lowest BCUT2D eigenvalue weighted by atomic mass is 9.89. The Hall–Kier alpha value is -3.06. The third-order valence-corrected chi connectivity index (χ3v) is 7.89. The Morgan fingerprint density at radius 2 is 1.78 bits per heavy atom. The first-order chi connectivity index (χ1) is 17.1. The van der Waals surface area contributed by atoms with Crippen LogP contribution in [0.25, 0.3) is 0 Å². The predicted octanol–water partition coefficient (Wildman–Crippen LogP) is 6.37. The van der Waals surface area contributed by atoms with Crippen LogP contribution >= 0.6 is 11.9 Å². The quantitative estimate of drug-likeness (QED) is 0.378. The highest BCUT2D eigenvalue weighted by Gasteiger charge is 2.42. The van der Waals surface area contributed by atoms with Crippen molar-refractivity contribution in [3.05, 3.63) is 77.5 Å². The zero-order valence-electron chi connectivity index (χ0n) is 21.7. The molecule has 1 aromatic carbocycles. The number of carbonyl (C=O) groups is 1. The highest BCUT2D eigenvalue weighted by molar-refractivity contribution is 7.97. The van der Waals surface area contributed by atoms with Gasteiger partial charge in [-0.05, 0) is 62.4 Å². The minimum atomic E-state index is -0.151. The van der Waals surface area contributed by atoms with Crippen LogP contribution < -0.4 is 14.9 Å². The molecule has 1 amide bonds. The first kappa shape index (κ1) is 24.6. The molecule has 0 radical (unpaired) electrons. The maximum atomic E-state index is 13.4. The van der Waals surface area contributed by atoms with Gasteiger partial charge in [-0.3, -0.25) is 9.52 Å². The largest absolute Gasteiger partial charge is 0.363 e. The van der Waals surface area contributed by atoms with Crippen molar-refractivity contribution in [2.75, 3.05) is 16.8 Å². The molecule has 2 aromatic heterocycles. The normalized spacial score (nSPS) is 21.7. The number of nitrogens with zero attached hydrogens (tertiary/aromatic N) is 3. The molecule has 188 valence electrons. The van der Waals surface area contributed by atoms with Crippen molar-refractivity contribution in [1.82, 2.24) is 14.7 Å². The van der Waals surface area contributed by atoms with E-state index in [1.807, 2.05) is 30.3 Å². The molecule has 0 saturated carbocycles. The van der Waals surface area contributed by atoms with Gasteiger partial charge in [0.15, 0.2) is 0 Å². The zero-order valence-corrected chi connectivity index (χ0v) is 22.5. The van der Waals surface area contributed by atoms with Crippen LogP contribution in [0.15, 0.2) is 65.7 Å². The molecule has 4 bridgehead atoms. The minimum Gasteiger partial charge on any atom is -0.363 e. The van der Waals surface area contributed by atoms with Crippen molar-refractivity contribution in [1.29, 1.82) is 0 Å². The van der Waals surface area contributed by atoms with Crippen LogP contribution in [0, 0.1) is 5.92 Å². The second-order valence-electron chi connectivity index (χ2n) is 11.5. The lowest BCUT2D eigenvalue weighted by molar-refractivity contribution is 0.0984. The molecule has 2 aliphatic rings. The van der Waals surface area contributed by atoms with Crippen molar-refractivity contribution in [2.24, 2.45) is 5.92 Å². The van der Waals surface area contributed by atoms with Crippen LogP contribution in [0.1, 0.15) is 75.1 Å². The van der Waals surface area contributed by atoms with E-state index in [0.29, 0.717) is 11.5 Å². The highest BCUT2D eigenvalue weighted by atomic mass is 32.2. The Kier molecular flexibility index (Phi) is 6.45. The Labute approximate surface area is 218 Å². The number of nitrogens with one attached hydrogen (secondary N) is 2. The molecule has 1 saturated heterocycles. The van der Waals surface area contributed by atoms with Gasteiger partial charge in [-0.2, -0.15) is 0 Å². The van der Waals surface area contributed by atoms with Gasteiger partial charge in [0, 0.05) is 35.1 Å². The van der Waals surface area contributed by atoms with Crippen LogP contribution in [0.5, 0.6) is 0 Å². The second kappa shape index (κ2) is 9.43. The average molecular weight is 502 g/mol. The molecule has 36 heavy (non-hydrogen) atoms. The maximum absolute atomic E-state index is 13.4. The van der Waals surface area contributed by atoms with E-state index in [2.05, 4.69) is 79.9 Å². The Bertz CT molecular complexity index is 1250. The Morgan fingerprint density at radius 3 is 2.53 bits per heavy atom. The maximum Gasteiger partial charge on any atom is 0.265 e. The highest BCUT2D eigenvalue weighted by Crippen LogP contribution is 2.42. The van der Waals surface area contributed by atoms with Crippen LogP contribution in [0.4, 0.5) is 11.6 Å². The third kappa shape index (κ3) is 5.07. The van der Waals surface area contributed by atoms with Crippen LogP contribution in [0.3, 0.4) is 0 Å². The van der Waals surface area contributed by atoms with E-state index in [4.69, 9.17) is 9.97 Å². The number of carbonyl (C=O) groups excluding carboxylic acids is 1. The van der Waals surface area contributed by atoms with E-state index in [1.165, 1.54) is 17.5 Å². The SMILES string of the molecule is CC(C)(C)c1ccc2c(n1)N1CC(CC(c3ccccc3)Nc3cccc(n3)SNC2=O)CC1(C)C. The summed E-state index contributed by atoms with van der Waals surface area (Å²) in [6.45, 7) is 11.9. The first-order valence-electron chi connectivity index (χ1n) is 12.6. The minimum absolute atomic E-state index is 0.116. The topological polar surface area (TPSA) is 70.2 Å². The average Bonchev–Trinajstić information content (AvgIpc) is 3.15. The van der Waals surface area contributed by atoms with Gasteiger partial charge in [0.05, 0.1) is 11.6 Å². The predicted molar refractivity (Wildman–Crippen MR) is 147 cm³/mol. The monoisotopic (exact) mass is 501 g/mol. The molecule has 1 fully saturated rings. The summed E-state index contributed by atoms with van der Waals surface area (Å²) in [4.78, 5) is 25.7. The lowest BCUT2D eigenvalue weighted by Crippen LogP contribution is -2.40. The van der Waals surface area contributed by atoms with Gasteiger partial charge >= 0.3 is 0 Å². The van der Waals surface area contributed by atoms with Gasteiger partial charge in [-0.25, -0.2) is 9.97 Å². The van der Waals surface area contributed by atoms with Crippen LogP contribution in [-0.2, 0) is 5.41 Å². The van der Waals surface area contributed by atoms with Gasteiger partial charge in [-0.15, -0.1) is 0 Å². The fraction of sp³-hybridized carbons (Fsp3) is 0.414. The zero-order chi connectivity index (χ0) is 25.5. The number of hydrogen-bond donors (Lipinski definition) is 2. The number of rotatable bonds is 1. The number of aromatic nitrogens is 2. The van der Waals surface area contributed by atoms with Crippen molar-refractivity contribution in [2.45, 2.75) is 69.5 Å². The number of fused-ring (bicyclic) bond motifs is 6. The van der Waals surface area contributed by atoms with Crippen molar-refractivity contribution >= 4 is 29.5 Å². The van der Waals surface area contributed by atoms with E-state index in [0.717, 1.165) is 41.7 Å². The molecular weight excluding hydrogens is 466 g/mol. The Balaban J connectivity index is 1.60. The second-order valence-corrected chi connectivity index (χ2v) is 12.4. The van der Waals surface area contributed by atoms with Gasteiger partial charge in [-0.1, -0.05) is 57.2 Å². The summed E-state index contributed by atoms with van der Waals surface area (Å²) >= 11 is 1.24. The fourth-order valence-corrected chi connectivity index (χ4v) is 5.95. The third-order valence-electron chi connectivity index (χ3n) is 7.17. The Morgan fingerprint density at radius 1 is 1.00 bits per heavy atom. The molecule has 2 atom stereocenters. The summed E-state index contributed by atoms with van der Waals surface area (Å²) in [5.41, 5.74) is 2.60. The molecule has 2 aliphatic heterocycles. The van der Waals surface area contributed by atoms with E-state index in [1.54, 1.807) is 0 Å². The molecular formula is C29H35N5OS. The van der Waals surface area contributed by atoms with Crippen LogP contribution in [0.2, 0.25) is 0 Å². The summed E-state index contributed by atoms with van der Waals surface area (Å²) in [7, 11) is 0. The van der Waals surface area contributed by atoms with Gasteiger partial charge < -0.3 is 10.2 Å². The fourth-order valence-electron chi connectivity index (χ4n) is 5.35. The van der Waals surface area contributed by atoms with Crippen LogP contribution in [-0.4, -0.2) is 28.0 Å². The summed E-state index contributed by atoms with van der Waals surface area (Å²) in [5.74, 6) is 1.86. The molecule has 4 heterocycles. The number of hydrogen-bond acceptors (Lipinski definition) is 6. The van der Waals surface area contributed by atoms with Gasteiger partial charge in [0.1, 0.15) is 16.7 Å². The number of benzene rings is 1. The van der Waals surface area contributed by atoms with Crippen molar-refractivity contribution < 1.29 is 4.79 Å². The molecule has 6 nitrogen and oxygen atoms in total. The summed E-state index contributed by atoms with van der Waals surface area (Å²) in [6, 6.07) is 20.5. The summed E-state index contributed by atoms with van der Waals surface area (Å²) < 4.78 is 3.01. The van der Waals surface area contributed by atoms with Gasteiger partial charge in [0.2, 0.25) is 0 Å². The molecule has 2 N–H and O–H groups in total. The molecule has 3 aromatic rings. The number of anilines is 2. The number of amides is 1. The van der Waals surface area contributed by atoms with Crippen molar-refractivity contribution in [3.8, 4) is 0 Å². The summed E-state index contributed by atoms with van der Waals surface area (Å²) in [5, 5.41) is 4.42. The first-order valence-corrected chi connectivity index (χ1v) is 13.5. The van der Waals surface area contributed by atoms with E-state index in [-0.39, 0.29) is 22.9 Å². The van der Waals surface area contributed by atoms with E-state index in [9.17, 15) is 4.79 Å². The van der Waals surface area contributed by atoms with Crippen molar-refractivity contribution in [3.63, 3.8) is 0 Å². The molecule has 0 spiro atoms. The molecule has 0 aliphatic carbocycles. The van der Waals surface area contributed by atoms with E-state index >= 15 is 0 Å². The molecule has 2 unspecified atom stereocenters. The van der Waals surface area contributed by atoms with Gasteiger partial charge in [0.25, 0.3) is 5.91 Å². The van der Waals surface area contributed by atoms with E-state index < -0.39 is 0 Å². The lowest BCUT2D eigenvalue weighted by Gasteiger charge is -2.34. The smallest absolute Gasteiger partial charge is 0.265 e. The summed E-state index contributed by atoms with van der Waals surface area (Å²) in [6.07, 6.45) is 1.98. The molecule has 5 rings (SSSR count). The number of pyridine rings is 2. The standard InChI is InChI=1S/C29H35N5OS/c1-28(2,3)23-15-14-21-26(31-23)34-18-19(17-29(34,4)5)16-22(20-10-7-6-8-11-20)30-24-12-9-13-25(32-24)36-33-27(21)35/h6-15,19,22H,16-18H2,1-5H3,(H,30,32)(H,33,35). The molecule has 7 heteroatoms.